The number of anilines is 4. The van der Waals surface area contributed by atoms with Crippen LogP contribution in [-0.4, -0.2) is 74.0 Å². The first-order valence-corrected chi connectivity index (χ1v) is 13.5. The normalized spacial score (nSPS) is 10.7. The van der Waals surface area contributed by atoms with Crippen molar-refractivity contribution in [1.82, 2.24) is 20.3 Å². The van der Waals surface area contributed by atoms with Crippen LogP contribution in [0.5, 0.6) is 5.75 Å². The van der Waals surface area contributed by atoms with Gasteiger partial charge in [-0.2, -0.15) is 15.0 Å². The Bertz CT molecular complexity index is 1150. The minimum absolute atomic E-state index is 0.179. The molecule has 6 N–H and O–H groups in total. The van der Waals surface area contributed by atoms with Crippen molar-refractivity contribution in [3.8, 4) is 5.75 Å². The summed E-state index contributed by atoms with van der Waals surface area (Å²) in [6, 6.07) is 14.9. The third-order valence-electron chi connectivity index (χ3n) is 5.63. The van der Waals surface area contributed by atoms with Crippen LogP contribution in [0.4, 0.5) is 23.5 Å². The number of hydrogen-bond donors (Lipinski definition) is 5. The molecule has 12 heteroatoms. The SMILES string of the molecule is CCCCNc1nc(NCc2ccc(OC)cc2)nc(Nc2ccc(C(=O)NCCOCCOCCN)cc2)n1. The fourth-order valence-electron chi connectivity index (χ4n) is 3.47. The summed E-state index contributed by atoms with van der Waals surface area (Å²) in [5.74, 6) is 1.93. The second kappa shape index (κ2) is 17.6. The third-order valence-corrected chi connectivity index (χ3v) is 5.63. The van der Waals surface area contributed by atoms with Gasteiger partial charge in [-0.25, -0.2) is 0 Å². The lowest BCUT2D eigenvalue weighted by Crippen LogP contribution is -2.27. The van der Waals surface area contributed by atoms with E-state index in [0.29, 0.717) is 69.5 Å². The molecular formula is C28H40N8O4. The highest BCUT2D eigenvalue weighted by Gasteiger charge is 2.09. The van der Waals surface area contributed by atoms with Gasteiger partial charge in [0.15, 0.2) is 0 Å². The molecule has 1 aromatic heterocycles. The molecule has 12 nitrogen and oxygen atoms in total. The van der Waals surface area contributed by atoms with Crippen LogP contribution < -0.4 is 31.7 Å². The molecule has 0 saturated heterocycles. The van der Waals surface area contributed by atoms with Gasteiger partial charge in [0.2, 0.25) is 17.8 Å². The van der Waals surface area contributed by atoms with Crippen LogP contribution in [-0.2, 0) is 16.0 Å². The van der Waals surface area contributed by atoms with Crippen LogP contribution in [0, 0.1) is 0 Å². The average Bonchev–Trinajstić information content (AvgIpc) is 2.98. The highest BCUT2D eigenvalue weighted by atomic mass is 16.5. The summed E-state index contributed by atoms with van der Waals surface area (Å²) < 4.78 is 15.9. The molecule has 0 spiro atoms. The van der Waals surface area contributed by atoms with Crippen molar-refractivity contribution in [1.29, 1.82) is 0 Å². The molecule has 40 heavy (non-hydrogen) atoms. The second-order valence-corrected chi connectivity index (χ2v) is 8.76. The Morgan fingerprint density at radius 1 is 0.825 bits per heavy atom. The van der Waals surface area contributed by atoms with Gasteiger partial charge in [-0.1, -0.05) is 25.5 Å². The fourth-order valence-corrected chi connectivity index (χ4v) is 3.47. The van der Waals surface area contributed by atoms with Crippen molar-refractivity contribution < 1.29 is 19.0 Å². The topological polar surface area (TPSA) is 158 Å². The molecular weight excluding hydrogens is 512 g/mol. The number of amides is 1. The van der Waals surface area contributed by atoms with Crippen molar-refractivity contribution in [2.45, 2.75) is 26.3 Å². The summed E-state index contributed by atoms with van der Waals surface area (Å²) in [4.78, 5) is 26.0. The smallest absolute Gasteiger partial charge is 0.251 e. The minimum Gasteiger partial charge on any atom is -0.497 e. The van der Waals surface area contributed by atoms with Crippen molar-refractivity contribution in [3.05, 3.63) is 59.7 Å². The van der Waals surface area contributed by atoms with E-state index in [1.54, 1.807) is 31.4 Å². The molecule has 0 fully saturated rings. The predicted molar refractivity (Wildman–Crippen MR) is 156 cm³/mol. The molecule has 0 aliphatic rings. The third kappa shape index (κ3) is 11.0. The van der Waals surface area contributed by atoms with E-state index in [1.807, 2.05) is 24.3 Å². The van der Waals surface area contributed by atoms with Crippen LogP contribution in [0.1, 0.15) is 35.7 Å². The maximum atomic E-state index is 12.4. The summed E-state index contributed by atoms with van der Waals surface area (Å²) in [5.41, 5.74) is 7.70. The quantitative estimate of drug-likeness (QED) is 0.139. The van der Waals surface area contributed by atoms with E-state index < -0.39 is 0 Å². The molecule has 0 bridgehead atoms. The zero-order chi connectivity index (χ0) is 28.4. The Hall–Kier alpha value is -4.00. The van der Waals surface area contributed by atoms with Crippen molar-refractivity contribution in [2.75, 3.05) is 69.1 Å². The molecule has 0 radical (unpaired) electrons. The van der Waals surface area contributed by atoms with Gasteiger partial charge in [-0.05, 0) is 48.4 Å². The Morgan fingerprint density at radius 3 is 2.17 bits per heavy atom. The minimum atomic E-state index is -0.179. The highest BCUT2D eigenvalue weighted by Crippen LogP contribution is 2.18. The molecule has 0 aliphatic carbocycles. The lowest BCUT2D eigenvalue weighted by molar-refractivity contribution is 0.0511. The zero-order valence-corrected chi connectivity index (χ0v) is 23.2. The number of rotatable bonds is 19. The van der Waals surface area contributed by atoms with Gasteiger partial charge in [0.25, 0.3) is 5.91 Å². The van der Waals surface area contributed by atoms with Gasteiger partial charge >= 0.3 is 0 Å². The number of carbonyl (C=O) groups is 1. The maximum absolute atomic E-state index is 12.4. The van der Waals surface area contributed by atoms with E-state index in [9.17, 15) is 4.79 Å². The first-order valence-electron chi connectivity index (χ1n) is 13.5. The number of aromatic nitrogens is 3. The van der Waals surface area contributed by atoms with E-state index in [2.05, 4.69) is 43.1 Å². The first kappa shape index (κ1) is 30.5. The molecule has 1 heterocycles. The Labute approximate surface area is 235 Å². The van der Waals surface area contributed by atoms with Gasteiger partial charge in [0.1, 0.15) is 5.75 Å². The molecule has 0 unspecified atom stereocenters. The lowest BCUT2D eigenvalue weighted by atomic mass is 10.2. The van der Waals surface area contributed by atoms with Crippen molar-refractivity contribution >= 4 is 29.4 Å². The number of carbonyl (C=O) groups excluding carboxylic acids is 1. The molecule has 216 valence electrons. The molecule has 3 rings (SSSR count). The number of unbranched alkanes of at least 4 members (excludes halogenated alkanes) is 1. The predicted octanol–water partition coefficient (Wildman–Crippen LogP) is 3.17. The average molecular weight is 553 g/mol. The van der Waals surface area contributed by atoms with Gasteiger partial charge in [0, 0.05) is 37.4 Å². The van der Waals surface area contributed by atoms with Crippen LogP contribution in [0.3, 0.4) is 0 Å². The number of nitrogens with two attached hydrogens (primary N) is 1. The molecule has 0 atom stereocenters. The van der Waals surface area contributed by atoms with Crippen LogP contribution in [0.2, 0.25) is 0 Å². The van der Waals surface area contributed by atoms with Crippen molar-refractivity contribution in [2.24, 2.45) is 5.73 Å². The van der Waals surface area contributed by atoms with Gasteiger partial charge in [-0.15, -0.1) is 0 Å². The monoisotopic (exact) mass is 552 g/mol. The molecule has 0 aliphatic heterocycles. The Balaban J connectivity index is 1.55. The van der Waals surface area contributed by atoms with Gasteiger partial charge < -0.3 is 41.2 Å². The van der Waals surface area contributed by atoms with E-state index in [1.165, 1.54) is 0 Å². The van der Waals surface area contributed by atoms with E-state index in [-0.39, 0.29) is 5.91 Å². The molecule has 0 saturated carbocycles. The van der Waals surface area contributed by atoms with E-state index >= 15 is 0 Å². The van der Waals surface area contributed by atoms with E-state index in [4.69, 9.17) is 19.9 Å². The zero-order valence-electron chi connectivity index (χ0n) is 23.2. The number of methoxy groups -OCH3 is 1. The Morgan fingerprint density at radius 2 is 1.50 bits per heavy atom. The number of nitrogens with one attached hydrogen (secondary N) is 4. The summed E-state index contributed by atoms with van der Waals surface area (Å²) >= 11 is 0. The van der Waals surface area contributed by atoms with Crippen molar-refractivity contribution in [3.63, 3.8) is 0 Å². The molecule has 3 aromatic rings. The van der Waals surface area contributed by atoms with Crippen LogP contribution in [0.15, 0.2) is 48.5 Å². The Kier molecular flexibility index (Phi) is 13.4. The summed E-state index contributed by atoms with van der Waals surface area (Å²) in [6.45, 7) is 6.18. The highest BCUT2D eigenvalue weighted by molar-refractivity contribution is 5.94. The molecule has 1 amide bonds. The number of hydrogen-bond acceptors (Lipinski definition) is 11. The summed E-state index contributed by atoms with van der Waals surface area (Å²) in [6.07, 6.45) is 2.06. The molecule has 2 aromatic carbocycles. The fraction of sp³-hybridized carbons (Fsp3) is 0.429. The largest absolute Gasteiger partial charge is 0.497 e. The number of nitrogens with zero attached hydrogens (tertiary/aromatic N) is 3. The number of ether oxygens (including phenoxy) is 3. The first-order chi connectivity index (χ1) is 19.6. The lowest BCUT2D eigenvalue weighted by Gasteiger charge is -2.12. The van der Waals surface area contributed by atoms with Gasteiger partial charge in [0.05, 0.1) is 33.5 Å². The van der Waals surface area contributed by atoms with E-state index in [0.717, 1.165) is 36.4 Å². The number of benzene rings is 2. The summed E-state index contributed by atoms with van der Waals surface area (Å²) in [5, 5.41) is 12.6. The maximum Gasteiger partial charge on any atom is 0.251 e. The van der Waals surface area contributed by atoms with Crippen LogP contribution in [0.25, 0.3) is 0 Å². The van der Waals surface area contributed by atoms with Crippen LogP contribution >= 0.6 is 0 Å². The summed E-state index contributed by atoms with van der Waals surface area (Å²) in [7, 11) is 1.64. The standard InChI is InChI=1S/C28H40N8O4/c1-3-4-14-31-26-34-27(32-20-21-5-11-24(38-2)12-6-21)36-28(35-26)33-23-9-7-22(8-10-23)25(37)30-15-17-40-19-18-39-16-13-29/h5-12H,3-4,13-20,29H2,1-2H3,(H,30,37)(H3,31,32,33,34,35,36). The second-order valence-electron chi connectivity index (χ2n) is 8.76. The van der Waals surface area contributed by atoms with Gasteiger partial charge in [-0.3, -0.25) is 4.79 Å².